The molecule has 0 saturated heterocycles. The number of halogens is 1. The summed E-state index contributed by atoms with van der Waals surface area (Å²) in [5.74, 6) is 2.39. The summed E-state index contributed by atoms with van der Waals surface area (Å²) in [6, 6.07) is 0. The number of rotatable bonds is 4. The van der Waals surface area contributed by atoms with Crippen molar-refractivity contribution in [3.05, 3.63) is 36.4 Å². The molecule has 2 aromatic heterocycles. The van der Waals surface area contributed by atoms with Crippen molar-refractivity contribution >= 4 is 0 Å². The predicted octanol–water partition coefficient (Wildman–Crippen LogP) is -1.78. The summed E-state index contributed by atoms with van der Waals surface area (Å²) >= 11 is 0. The zero-order valence-electron chi connectivity index (χ0n) is 10.6. The Morgan fingerprint density at radius 2 is 1.88 bits per heavy atom. The van der Waals surface area contributed by atoms with Crippen LogP contribution in [-0.2, 0) is 20.1 Å². The summed E-state index contributed by atoms with van der Waals surface area (Å²) in [5.41, 5.74) is 0. The third kappa shape index (κ3) is 3.19. The van der Waals surface area contributed by atoms with E-state index in [4.69, 9.17) is 0 Å². The number of imidazole rings is 2. The number of aryl methyl sites for hydroxylation is 4. The smallest absolute Gasteiger partial charge is 0.253 e. The molecule has 4 nitrogen and oxygen atoms in total. The van der Waals surface area contributed by atoms with Crippen molar-refractivity contribution in [3.63, 3.8) is 0 Å². The van der Waals surface area contributed by atoms with Crippen molar-refractivity contribution < 1.29 is 21.5 Å². The standard InChI is InChI=1S/C12H19N4.BrH/c1-11-13-5-8-15(11)6-4-7-16-10-9-14(3)12(16)2;/h5,8-10H,4,6-7H2,1-3H3;1H/q+1;/p-1. The van der Waals surface area contributed by atoms with Gasteiger partial charge in [0.15, 0.2) is 0 Å². The normalized spacial score (nSPS) is 10.3. The quantitative estimate of drug-likeness (QED) is 0.613. The summed E-state index contributed by atoms with van der Waals surface area (Å²) in [6.45, 7) is 6.28. The van der Waals surface area contributed by atoms with Gasteiger partial charge in [-0.2, -0.15) is 0 Å². The van der Waals surface area contributed by atoms with Gasteiger partial charge >= 0.3 is 0 Å². The molecule has 0 amide bonds. The van der Waals surface area contributed by atoms with Crippen LogP contribution < -0.4 is 21.5 Å². The minimum absolute atomic E-state index is 0. The van der Waals surface area contributed by atoms with Gasteiger partial charge in [0.05, 0.1) is 13.6 Å². The zero-order chi connectivity index (χ0) is 11.5. The molecule has 0 spiro atoms. The fourth-order valence-electron chi connectivity index (χ4n) is 1.89. The van der Waals surface area contributed by atoms with Gasteiger partial charge in [0.25, 0.3) is 5.82 Å². The van der Waals surface area contributed by atoms with E-state index < -0.39 is 0 Å². The number of hydrogen-bond donors (Lipinski definition) is 0. The zero-order valence-corrected chi connectivity index (χ0v) is 12.2. The first kappa shape index (κ1) is 14.0. The Balaban J connectivity index is 0.00000144. The van der Waals surface area contributed by atoms with Crippen LogP contribution in [0.3, 0.4) is 0 Å². The van der Waals surface area contributed by atoms with Crippen LogP contribution in [-0.4, -0.2) is 14.1 Å². The third-order valence-corrected chi connectivity index (χ3v) is 3.12. The molecule has 0 unspecified atom stereocenters. The molecule has 94 valence electrons. The molecule has 0 N–H and O–H groups in total. The SMILES string of the molecule is Cc1nccn1CCCn1cc[n+](C)c1C.[Br-]. The molecule has 17 heavy (non-hydrogen) atoms. The Morgan fingerprint density at radius 1 is 1.18 bits per heavy atom. The summed E-state index contributed by atoms with van der Waals surface area (Å²) < 4.78 is 6.62. The van der Waals surface area contributed by atoms with E-state index in [1.54, 1.807) is 0 Å². The Labute approximate surface area is 113 Å². The molecule has 0 aromatic carbocycles. The van der Waals surface area contributed by atoms with Gasteiger partial charge in [-0.15, -0.1) is 0 Å². The number of nitrogens with zero attached hydrogens (tertiary/aromatic N) is 4. The largest absolute Gasteiger partial charge is 1.00 e. The van der Waals surface area contributed by atoms with E-state index in [9.17, 15) is 0 Å². The first-order valence-electron chi connectivity index (χ1n) is 5.67. The fourth-order valence-corrected chi connectivity index (χ4v) is 1.89. The van der Waals surface area contributed by atoms with Crippen LogP contribution in [0.4, 0.5) is 0 Å². The number of aromatic nitrogens is 4. The Hall–Kier alpha value is -1.10. The first-order valence-corrected chi connectivity index (χ1v) is 5.67. The lowest BCUT2D eigenvalue weighted by Gasteiger charge is -2.03. The lowest BCUT2D eigenvalue weighted by molar-refractivity contribution is -0.677. The van der Waals surface area contributed by atoms with E-state index in [1.165, 1.54) is 5.82 Å². The minimum atomic E-state index is 0. The monoisotopic (exact) mass is 298 g/mol. The second-order valence-corrected chi connectivity index (χ2v) is 4.17. The maximum absolute atomic E-state index is 4.22. The van der Waals surface area contributed by atoms with E-state index in [0.717, 1.165) is 25.3 Å². The average molecular weight is 299 g/mol. The molecule has 2 rings (SSSR count). The Bertz CT molecular complexity index is 473. The van der Waals surface area contributed by atoms with Gasteiger partial charge < -0.3 is 21.5 Å². The van der Waals surface area contributed by atoms with Crippen LogP contribution in [0.15, 0.2) is 24.8 Å². The van der Waals surface area contributed by atoms with E-state index in [0.29, 0.717) is 0 Å². The first-order chi connectivity index (χ1) is 7.68. The van der Waals surface area contributed by atoms with Crippen LogP contribution >= 0.6 is 0 Å². The Kier molecular flexibility index (Phi) is 4.93. The van der Waals surface area contributed by atoms with Crippen molar-refractivity contribution in [2.45, 2.75) is 33.4 Å². The highest BCUT2D eigenvalue weighted by Crippen LogP contribution is 2.00. The summed E-state index contributed by atoms with van der Waals surface area (Å²) in [6.07, 6.45) is 9.26. The van der Waals surface area contributed by atoms with E-state index in [1.807, 2.05) is 19.3 Å². The van der Waals surface area contributed by atoms with Gasteiger partial charge in [-0.25, -0.2) is 14.1 Å². The molecule has 0 aliphatic heterocycles. The van der Waals surface area contributed by atoms with Crippen molar-refractivity contribution in [1.29, 1.82) is 0 Å². The lowest BCUT2D eigenvalue weighted by atomic mass is 10.4. The summed E-state index contributed by atoms with van der Waals surface area (Å²) in [4.78, 5) is 4.22. The van der Waals surface area contributed by atoms with Crippen molar-refractivity contribution in [3.8, 4) is 0 Å². The van der Waals surface area contributed by atoms with Crippen molar-refractivity contribution in [1.82, 2.24) is 14.1 Å². The lowest BCUT2D eigenvalue weighted by Crippen LogP contribution is -3.00. The molecule has 0 aliphatic rings. The molecule has 0 aliphatic carbocycles. The molecule has 0 radical (unpaired) electrons. The molecule has 2 heterocycles. The molecule has 5 heteroatoms. The van der Waals surface area contributed by atoms with Crippen molar-refractivity contribution in [2.24, 2.45) is 7.05 Å². The van der Waals surface area contributed by atoms with E-state index in [2.05, 4.69) is 45.1 Å². The molecule has 0 bridgehead atoms. The highest BCUT2D eigenvalue weighted by molar-refractivity contribution is 4.88. The molecule has 2 aromatic rings. The van der Waals surface area contributed by atoms with Crippen LogP contribution in [0.25, 0.3) is 0 Å². The van der Waals surface area contributed by atoms with Gasteiger partial charge in [0.1, 0.15) is 18.2 Å². The number of hydrogen-bond acceptors (Lipinski definition) is 1. The van der Waals surface area contributed by atoms with Gasteiger partial charge in [-0.1, -0.05) is 0 Å². The third-order valence-electron chi connectivity index (χ3n) is 3.12. The summed E-state index contributed by atoms with van der Waals surface area (Å²) in [7, 11) is 2.08. The maximum atomic E-state index is 4.22. The van der Waals surface area contributed by atoms with Crippen LogP contribution in [0, 0.1) is 13.8 Å². The van der Waals surface area contributed by atoms with Crippen LogP contribution in [0.1, 0.15) is 18.1 Å². The summed E-state index contributed by atoms with van der Waals surface area (Å²) in [5, 5.41) is 0. The van der Waals surface area contributed by atoms with Crippen molar-refractivity contribution in [2.75, 3.05) is 0 Å². The highest BCUT2D eigenvalue weighted by Gasteiger charge is 2.07. The average Bonchev–Trinajstić information content (AvgIpc) is 2.80. The molecular formula is C12H19BrN4. The Morgan fingerprint density at radius 3 is 2.41 bits per heavy atom. The van der Waals surface area contributed by atoms with Crippen LogP contribution in [0.5, 0.6) is 0 Å². The van der Waals surface area contributed by atoms with Gasteiger partial charge in [0, 0.05) is 32.3 Å². The van der Waals surface area contributed by atoms with E-state index >= 15 is 0 Å². The molecular weight excluding hydrogens is 280 g/mol. The fraction of sp³-hybridized carbons (Fsp3) is 0.500. The minimum Gasteiger partial charge on any atom is -1.00 e. The van der Waals surface area contributed by atoms with Gasteiger partial charge in [-0.05, 0) is 6.92 Å². The maximum Gasteiger partial charge on any atom is 0.253 e. The highest BCUT2D eigenvalue weighted by atomic mass is 79.9. The molecule has 0 atom stereocenters. The van der Waals surface area contributed by atoms with Crippen LogP contribution in [0.2, 0.25) is 0 Å². The second kappa shape index (κ2) is 6.00. The predicted molar refractivity (Wildman–Crippen MR) is 61.9 cm³/mol. The van der Waals surface area contributed by atoms with Gasteiger partial charge in [0.2, 0.25) is 0 Å². The molecule has 0 saturated carbocycles. The molecule has 0 fully saturated rings. The van der Waals surface area contributed by atoms with E-state index in [-0.39, 0.29) is 17.0 Å². The van der Waals surface area contributed by atoms with Gasteiger partial charge in [-0.3, -0.25) is 0 Å². The topological polar surface area (TPSA) is 26.6 Å². The second-order valence-electron chi connectivity index (χ2n) is 4.17.